The number of phenolic OH excluding ortho intramolecular Hbond substituents is 3. The Morgan fingerprint density at radius 2 is 0.636 bits per heavy atom. The summed E-state index contributed by atoms with van der Waals surface area (Å²) in [6, 6.07) is 20.8. The summed E-state index contributed by atoms with van der Waals surface area (Å²) in [5.74, 6) is 1.58. The van der Waals surface area contributed by atoms with Crippen LogP contribution in [0, 0.1) is 5.92 Å². The predicted octanol–water partition coefficient (Wildman–Crippen LogP) is 3.82. The van der Waals surface area contributed by atoms with E-state index in [2.05, 4.69) is 0 Å². The first-order valence-electron chi connectivity index (χ1n) is 6.88. The molecule has 3 nitrogen and oxygen atoms in total. The molecule has 3 aromatic rings. The molecule has 0 amide bonds. The third-order valence-electron chi connectivity index (χ3n) is 3.47. The maximum atomic E-state index is 9.48. The van der Waals surface area contributed by atoms with E-state index >= 15 is 0 Å². The Hall–Kier alpha value is -2.94. The van der Waals surface area contributed by atoms with Crippen molar-refractivity contribution in [2.24, 2.45) is 0 Å². The zero-order valence-corrected chi connectivity index (χ0v) is 11.8. The molecule has 0 saturated heterocycles. The molecule has 1 radical (unpaired) electrons. The normalized spacial score (nSPS) is 10.8. The van der Waals surface area contributed by atoms with Crippen LogP contribution in [0.15, 0.2) is 72.8 Å². The third-order valence-corrected chi connectivity index (χ3v) is 3.47. The lowest BCUT2D eigenvalue weighted by Gasteiger charge is -2.18. The monoisotopic (exact) mass is 291 g/mol. The largest absolute Gasteiger partial charge is 0.508 e. The van der Waals surface area contributed by atoms with Gasteiger partial charge in [-0.2, -0.15) is 0 Å². The molecular formula is C19H15O3. The van der Waals surface area contributed by atoms with Crippen molar-refractivity contribution in [3.8, 4) is 17.2 Å². The summed E-state index contributed by atoms with van der Waals surface area (Å²) >= 11 is 0. The van der Waals surface area contributed by atoms with Crippen LogP contribution in [0.2, 0.25) is 0 Å². The molecule has 0 fully saturated rings. The molecule has 0 aliphatic rings. The Morgan fingerprint density at radius 3 is 0.864 bits per heavy atom. The minimum absolute atomic E-state index is 0.208. The van der Waals surface area contributed by atoms with E-state index in [1.165, 1.54) is 0 Å². The van der Waals surface area contributed by atoms with Gasteiger partial charge in [0, 0.05) is 0 Å². The fourth-order valence-corrected chi connectivity index (χ4v) is 2.38. The van der Waals surface area contributed by atoms with Gasteiger partial charge in [-0.25, -0.2) is 0 Å². The van der Waals surface area contributed by atoms with Gasteiger partial charge in [0.1, 0.15) is 17.2 Å². The highest BCUT2D eigenvalue weighted by Gasteiger charge is 2.17. The van der Waals surface area contributed by atoms with Crippen LogP contribution in [0.3, 0.4) is 0 Å². The van der Waals surface area contributed by atoms with Crippen LogP contribution >= 0.6 is 0 Å². The standard InChI is InChI=1S/C19H15O3/c20-16-7-1-13(2-8-16)19(14-3-9-17(21)10-4-14)15-5-11-18(22)12-6-15/h1-12,20-22H. The van der Waals surface area contributed by atoms with Gasteiger partial charge in [-0.3, -0.25) is 0 Å². The molecule has 3 aromatic carbocycles. The minimum Gasteiger partial charge on any atom is -0.508 e. The van der Waals surface area contributed by atoms with Crippen molar-refractivity contribution in [1.29, 1.82) is 0 Å². The smallest absolute Gasteiger partial charge is 0.115 e. The third kappa shape index (κ3) is 2.88. The molecule has 0 aliphatic heterocycles. The average molecular weight is 291 g/mol. The first-order chi connectivity index (χ1) is 10.6. The summed E-state index contributed by atoms with van der Waals surface area (Å²) < 4.78 is 0. The number of aromatic hydroxyl groups is 3. The van der Waals surface area contributed by atoms with E-state index in [4.69, 9.17) is 0 Å². The fraction of sp³-hybridized carbons (Fsp3) is 0. The van der Waals surface area contributed by atoms with Gasteiger partial charge in [-0.1, -0.05) is 36.4 Å². The van der Waals surface area contributed by atoms with Crippen molar-refractivity contribution in [3.63, 3.8) is 0 Å². The van der Waals surface area contributed by atoms with Crippen LogP contribution in [0.1, 0.15) is 16.7 Å². The second-order valence-electron chi connectivity index (χ2n) is 5.02. The SMILES string of the molecule is Oc1ccc([C](c2ccc(O)cc2)c2ccc(O)cc2)cc1. The molecule has 0 saturated carbocycles. The van der Waals surface area contributed by atoms with Crippen LogP contribution in [-0.4, -0.2) is 15.3 Å². The van der Waals surface area contributed by atoms with Gasteiger partial charge in [-0.15, -0.1) is 0 Å². The molecule has 109 valence electrons. The Kier molecular flexibility index (Phi) is 3.71. The maximum absolute atomic E-state index is 9.48. The van der Waals surface area contributed by atoms with Crippen LogP contribution < -0.4 is 0 Å². The molecule has 3 N–H and O–H groups in total. The number of rotatable bonds is 3. The molecule has 22 heavy (non-hydrogen) atoms. The van der Waals surface area contributed by atoms with E-state index in [9.17, 15) is 15.3 Å². The van der Waals surface area contributed by atoms with E-state index in [1.54, 1.807) is 36.4 Å². The highest BCUT2D eigenvalue weighted by molar-refractivity contribution is 5.58. The topological polar surface area (TPSA) is 60.7 Å². The van der Waals surface area contributed by atoms with Crippen LogP contribution in [0.5, 0.6) is 17.2 Å². The lowest BCUT2D eigenvalue weighted by Crippen LogP contribution is -2.04. The fourth-order valence-electron chi connectivity index (χ4n) is 2.38. The van der Waals surface area contributed by atoms with Gasteiger partial charge in [0.15, 0.2) is 0 Å². The van der Waals surface area contributed by atoms with Gasteiger partial charge in [0.05, 0.1) is 5.92 Å². The Bertz CT molecular complexity index is 636. The molecule has 3 rings (SSSR count). The van der Waals surface area contributed by atoms with Crippen LogP contribution in [-0.2, 0) is 0 Å². The second-order valence-corrected chi connectivity index (χ2v) is 5.02. The molecule has 0 aromatic heterocycles. The number of hydrogen-bond donors (Lipinski definition) is 3. The Labute approximate surface area is 128 Å². The first kappa shape index (κ1) is 14.0. The van der Waals surface area contributed by atoms with Crippen molar-refractivity contribution in [1.82, 2.24) is 0 Å². The second kappa shape index (κ2) is 5.82. The van der Waals surface area contributed by atoms with Gasteiger partial charge < -0.3 is 15.3 Å². The summed E-state index contributed by atoms with van der Waals surface area (Å²) in [7, 11) is 0. The van der Waals surface area contributed by atoms with Crippen molar-refractivity contribution in [2.45, 2.75) is 0 Å². The minimum atomic E-state index is 0.208. The van der Waals surface area contributed by atoms with Crippen LogP contribution in [0.25, 0.3) is 0 Å². The van der Waals surface area contributed by atoms with Crippen molar-refractivity contribution < 1.29 is 15.3 Å². The number of phenols is 3. The number of hydrogen-bond acceptors (Lipinski definition) is 3. The summed E-state index contributed by atoms with van der Waals surface area (Å²) in [5.41, 5.74) is 2.82. The van der Waals surface area contributed by atoms with Gasteiger partial charge in [0.25, 0.3) is 0 Å². The van der Waals surface area contributed by atoms with Crippen molar-refractivity contribution in [2.75, 3.05) is 0 Å². The quantitative estimate of drug-likeness (QED) is 0.643. The average Bonchev–Trinajstić information content (AvgIpc) is 2.53. The molecular weight excluding hydrogens is 276 g/mol. The van der Waals surface area contributed by atoms with Gasteiger partial charge in [0.2, 0.25) is 0 Å². The van der Waals surface area contributed by atoms with Gasteiger partial charge >= 0.3 is 0 Å². The van der Waals surface area contributed by atoms with E-state index in [1.807, 2.05) is 36.4 Å². The van der Waals surface area contributed by atoms with Gasteiger partial charge in [-0.05, 0) is 53.1 Å². The Morgan fingerprint density at radius 1 is 0.409 bits per heavy atom. The predicted molar refractivity (Wildman–Crippen MR) is 84.9 cm³/mol. The van der Waals surface area contributed by atoms with Crippen molar-refractivity contribution in [3.05, 3.63) is 95.4 Å². The summed E-state index contributed by atoms with van der Waals surface area (Å²) in [5, 5.41) is 28.4. The van der Waals surface area contributed by atoms with E-state index in [-0.39, 0.29) is 17.2 Å². The molecule has 0 spiro atoms. The molecule has 0 unspecified atom stereocenters. The first-order valence-corrected chi connectivity index (χ1v) is 6.88. The molecule has 0 atom stereocenters. The number of benzene rings is 3. The molecule has 3 heteroatoms. The van der Waals surface area contributed by atoms with Crippen molar-refractivity contribution >= 4 is 0 Å². The lowest BCUT2D eigenvalue weighted by molar-refractivity contribution is 0.475. The zero-order chi connectivity index (χ0) is 15.5. The highest BCUT2D eigenvalue weighted by atomic mass is 16.3. The van der Waals surface area contributed by atoms with E-state index in [0.717, 1.165) is 22.6 Å². The maximum Gasteiger partial charge on any atom is 0.115 e. The van der Waals surface area contributed by atoms with E-state index < -0.39 is 0 Å². The Balaban J connectivity index is 2.10. The summed E-state index contributed by atoms with van der Waals surface area (Å²) in [6.07, 6.45) is 0. The van der Waals surface area contributed by atoms with Crippen LogP contribution in [0.4, 0.5) is 0 Å². The molecule has 0 heterocycles. The lowest BCUT2D eigenvalue weighted by atomic mass is 9.85. The molecule has 0 aliphatic carbocycles. The summed E-state index contributed by atoms with van der Waals surface area (Å²) in [4.78, 5) is 0. The zero-order valence-electron chi connectivity index (χ0n) is 11.8. The highest BCUT2D eigenvalue weighted by Crippen LogP contribution is 2.33. The molecule has 0 bridgehead atoms. The summed E-state index contributed by atoms with van der Waals surface area (Å²) in [6.45, 7) is 0. The van der Waals surface area contributed by atoms with E-state index in [0.29, 0.717) is 0 Å².